The predicted octanol–water partition coefficient (Wildman–Crippen LogP) is 2.21. The summed E-state index contributed by atoms with van der Waals surface area (Å²) in [5.74, 6) is -2.06. The van der Waals surface area contributed by atoms with E-state index in [1.807, 2.05) is 0 Å². The van der Waals surface area contributed by atoms with Crippen LogP contribution in [0.15, 0.2) is 59.5 Å². The van der Waals surface area contributed by atoms with E-state index < -0.39 is 39.7 Å². The van der Waals surface area contributed by atoms with Gasteiger partial charge in [-0.1, -0.05) is 30.3 Å². The van der Waals surface area contributed by atoms with Crippen LogP contribution in [-0.2, 0) is 24.2 Å². The molecule has 30 heavy (non-hydrogen) atoms. The van der Waals surface area contributed by atoms with Crippen molar-refractivity contribution in [3.05, 3.63) is 60.4 Å². The highest BCUT2D eigenvalue weighted by atomic mass is 32.2. The zero-order valence-corrected chi connectivity index (χ0v) is 17.2. The number of hydrogen-bond acceptors (Lipinski definition) is 6. The van der Waals surface area contributed by atoms with E-state index in [1.54, 1.807) is 24.3 Å². The van der Waals surface area contributed by atoms with Gasteiger partial charge in [-0.2, -0.15) is 0 Å². The molecule has 0 radical (unpaired) electrons. The first-order valence-corrected chi connectivity index (χ1v) is 11.0. The quantitative estimate of drug-likeness (QED) is 0.620. The molecule has 2 aromatic rings. The van der Waals surface area contributed by atoms with Crippen LogP contribution in [0.4, 0.5) is 4.39 Å². The Kier molecular flexibility index (Phi) is 6.71. The number of sulfone groups is 1. The molecule has 1 heterocycles. The summed E-state index contributed by atoms with van der Waals surface area (Å²) in [6.07, 6.45) is -0.796. The Labute approximate surface area is 174 Å². The summed E-state index contributed by atoms with van der Waals surface area (Å²) < 4.78 is 49.1. The normalized spacial score (nSPS) is 18.8. The number of carbonyl (C=O) groups is 2. The average molecular weight is 435 g/mol. The standard InChI is InChI=1S/C21H22FNO6S/c1-28-21(25)18-13-15(29-19-10-6-5-9-17(19)22)14-23(18)20(24)11-12-30(26,27)16-7-3-2-4-8-16/h2-10,15,18H,11-14H2,1H3/t15-,18-/m1/s1. The first-order chi connectivity index (χ1) is 14.3. The number of esters is 1. The molecule has 2 aromatic carbocycles. The number of methoxy groups -OCH3 is 1. The lowest BCUT2D eigenvalue weighted by molar-refractivity contribution is -0.150. The molecule has 0 saturated carbocycles. The maximum Gasteiger partial charge on any atom is 0.328 e. The molecule has 7 nitrogen and oxygen atoms in total. The Morgan fingerprint density at radius 3 is 2.43 bits per heavy atom. The highest BCUT2D eigenvalue weighted by Gasteiger charge is 2.41. The second-order valence-corrected chi connectivity index (χ2v) is 8.98. The summed E-state index contributed by atoms with van der Waals surface area (Å²) in [5.41, 5.74) is 0. The Bertz CT molecular complexity index is 1010. The van der Waals surface area contributed by atoms with Crippen LogP contribution in [0.2, 0.25) is 0 Å². The molecular formula is C21H22FNO6S. The van der Waals surface area contributed by atoms with Crippen molar-refractivity contribution in [2.75, 3.05) is 19.4 Å². The number of rotatable bonds is 7. The maximum absolute atomic E-state index is 13.9. The number of carbonyl (C=O) groups excluding carboxylic acids is 2. The van der Waals surface area contributed by atoms with Crippen LogP contribution in [0, 0.1) is 5.82 Å². The van der Waals surface area contributed by atoms with Gasteiger partial charge in [0.05, 0.1) is 24.3 Å². The molecule has 1 saturated heterocycles. The number of benzene rings is 2. The van der Waals surface area contributed by atoms with Gasteiger partial charge in [-0.15, -0.1) is 0 Å². The number of amides is 1. The molecule has 9 heteroatoms. The third-order valence-corrected chi connectivity index (χ3v) is 6.61. The van der Waals surface area contributed by atoms with Crippen molar-refractivity contribution in [1.29, 1.82) is 0 Å². The van der Waals surface area contributed by atoms with E-state index in [0.29, 0.717) is 0 Å². The van der Waals surface area contributed by atoms with Gasteiger partial charge in [0.25, 0.3) is 0 Å². The lowest BCUT2D eigenvalue weighted by atomic mass is 10.2. The van der Waals surface area contributed by atoms with Crippen LogP contribution in [-0.4, -0.2) is 56.7 Å². The van der Waals surface area contributed by atoms with Crippen molar-refractivity contribution < 1.29 is 31.9 Å². The molecule has 0 N–H and O–H groups in total. The number of nitrogens with zero attached hydrogens (tertiary/aromatic N) is 1. The van der Waals surface area contributed by atoms with Crippen LogP contribution < -0.4 is 4.74 Å². The number of likely N-dealkylation sites (tertiary alicyclic amines) is 1. The fraction of sp³-hybridized carbons (Fsp3) is 0.333. The molecule has 1 aliphatic rings. The molecule has 0 bridgehead atoms. The first kappa shape index (κ1) is 21.8. The van der Waals surface area contributed by atoms with Crippen LogP contribution in [0.3, 0.4) is 0 Å². The van der Waals surface area contributed by atoms with Crippen molar-refractivity contribution in [3.8, 4) is 5.75 Å². The van der Waals surface area contributed by atoms with Crippen LogP contribution in [0.25, 0.3) is 0 Å². The van der Waals surface area contributed by atoms with Crippen LogP contribution in [0.1, 0.15) is 12.8 Å². The number of ether oxygens (including phenoxy) is 2. The van der Waals surface area contributed by atoms with Crippen molar-refractivity contribution >= 4 is 21.7 Å². The first-order valence-electron chi connectivity index (χ1n) is 9.38. The topological polar surface area (TPSA) is 90.0 Å². The smallest absolute Gasteiger partial charge is 0.328 e. The van der Waals surface area contributed by atoms with Crippen molar-refractivity contribution in [2.24, 2.45) is 0 Å². The summed E-state index contributed by atoms with van der Waals surface area (Å²) in [5, 5.41) is 0. The minimum atomic E-state index is -3.64. The summed E-state index contributed by atoms with van der Waals surface area (Å²) >= 11 is 0. The molecule has 1 aliphatic heterocycles. The molecule has 0 unspecified atom stereocenters. The van der Waals surface area contributed by atoms with Gasteiger partial charge in [-0.3, -0.25) is 4.79 Å². The molecule has 160 valence electrons. The highest BCUT2D eigenvalue weighted by molar-refractivity contribution is 7.91. The van der Waals surface area contributed by atoms with Gasteiger partial charge in [0.2, 0.25) is 5.91 Å². The molecule has 0 aromatic heterocycles. The fourth-order valence-corrected chi connectivity index (χ4v) is 4.60. The Morgan fingerprint density at radius 2 is 1.77 bits per heavy atom. The van der Waals surface area contributed by atoms with Gasteiger partial charge in [0.1, 0.15) is 12.1 Å². The SMILES string of the molecule is COC(=O)[C@H]1C[C@@H](Oc2ccccc2F)CN1C(=O)CCS(=O)(=O)c1ccccc1. The maximum atomic E-state index is 13.9. The molecule has 1 fully saturated rings. The Balaban J connectivity index is 1.69. The van der Waals surface area contributed by atoms with E-state index in [4.69, 9.17) is 9.47 Å². The monoisotopic (exact) mass is 435 g/mol. The van der Waals surface area contributed by atoms with E-state index >= 15 is 0 Å². The van der Waals surface area contributed by atoms with Gasteiger partial charge in [-0.25, -0.2) is 17.6 Å². The molecule has 1 amide bonds. The highest BCUT2D eigenvalue weighted by Crippen LogP contribution is 2.26. The summed E-state index contributed by atoms with van der Waals surface area (Å²) in [6.45, 7) is 0.0261. The van der Waals surface area contributed by atoms with E-state index in [9.17, 15) is 22.4 Å². The minimum Gasteiger partial charge on any atom is -0.485 e. The predicted molar refractivity (Wildman–Crippen MR) is 106 cm³/mol. The summed E-state index contributed by atoms with van der Waals surface area (Å²) in [6, 6.07) is 12.8. The van der Waals surface area contributed by atoms with Crippen LogP contribution in [0.5, 0.6) is 5.75 Å². The Hall–Kier alpha value is -2.94. The second-order valence-electron chi connectivity index (χ2n) is 6.87. The zero-order valence-electron chi connectivity index (χ0n) is 16.4. The van der Waals surface area contributed by atoms with Gasteiger partial charge < -0.3 is 14.4 Å². The van der Waals surface area contributed by atoms with E-state index in [1.165, 1.54) is 42.3 Å². The minimum absolute atomic E-state index is 0.0204. The zero-order chi connectivity index (χ0) is 21.7. The summed E-state index contributed by atoms with van der Waals surface area (Å²) in [4.78, 5) is 26.3. The molecule has 0 spiro atoms. The Morgan fingerprint density at radius 1 is 1.10 bits per heavy atom. The van der Waals surface area contributed by atoms with Crippen molar-refractivity contribution in [2.45, 2.75) is 29.9 Å². The second kappa shape index (κ2) is 9.25. The lowest BCUT2D eigenvalue weighted by Crippen LogP contribution is -2.41. The van der Waals surface area contributed by atoms with E-state index in [2.05, 4.69) is 0 Å². The third kappa shape index (κ3) is 4.96. The lowest BCUT2D eigenvalue weighted by Gasteiger charge is -2.22. The molecule has 2 atom stereocenters. The van der Waals surface area contributed by atoms with Gasteiger partial charge in [0, 0.05) is 12.8 Å². The third-order valence-electron chi connectivity index (χ3n) is 4.87. The van der Waals surface area contributed by atoms with E-state index in [-0.39, 0.29) is 35.8 Å². The van der Waals surface area contributed by atoms with Gasteiger partial charge >= 0.3 is 5.97 Å². The van der Waals surface area contributed by atoms with E-state index in [0.717, 1.165) is 0 Å². The number of para-hydroxylation sites is 1. The van der Waals surface area contributed by atoms with Gasteiger partial charge in [-0.05, 0) is 24.3 Å². The van der Waals surface area contributed by atoms with Crippen molar-refractivity contribution in [3.63, 3.8) is 0 Å². The molecule has 3 rings (SSSR count). The largest absolute Gasteiger partial charge is 0.485 e. The number of hydrogen-bond donors (Lipinski definition) is 0. The summed E-state index contributed by atoms with van der Waals surface area (Å²) in [7, 11) is -2.44. The number of halogens is 1. The average Bonchev–Trinajstić information content (AvgIpc) is 3.18. The molecule has 0 aliphatic carbocycles. The molecular weight excluding hydrogens is 413 g/mol. The fourth-order valence-electron chi connectivity index (χ4n) is 3.35. The van der Waals surface area contributed by atoms with Crippen LogP contribution >= 0.6 is 0 Å². The van der Waals surface area contributed by atoms with Gasteiger partial charge in [0.15, 0.2) is 21.4 Å². The van der Waals surface area contributed by atoms with Crippen molar-refractivity contribution in [1.82, 2.24) is 4.90 Å².